The van der Waals surface area contributed by atoms with Gasteiger partial charge in [0, 0.05) is 25.7 Å². The highest BCUT2D eigenvalue weighted by Crippen LogP contribution is 2.26. The van der Waals surface area contributed by atoms with E-state index in [1.807, 2.05) is 0 Å². The number of aromatic carboxylic acids is 1. The minimum Gasteiger partial charge on any atom is -0.478 e. The molecule has 0 aliphatic carbocycles. The monoisotopic (exact) mass is 281 g/mol. The number of hydrogen-bond acceptors (Lipinski definition) is 4. The topological polar surface area (TPSA) is 56.7 Å². The second-order valence-electron chi connectivity index (χ2n) is 5.12. The molecule has 2 fully saturated rings. The maximum absolute atomic E-state index is 11.1. The smallest absolute Gasteiger partial charge is 0.335 e. The highest BCUT2D eigenvalue weighted by molar-refractivity contribution is 6.29. The van der Waals surface area contributed by atoms with Gasteiger partial charge in [0.1, 0.15) is 11.0 Å². The Balaban J connectivity index is 1.83. The number of anilines is 1. The number of nitrogens with zero attached hydrogens (tertiary/aromatic N) is 3. The summed E-state index contributed by atoms with van der Waals surface area (Å²) in [6.45, 7) is 3.98. The normalized spacial score (nSPS) is 23.4. The minimum absolute atomic E-state index is 0.198. The Kier molecular flexibility index (Phi) is 3.33. The molecule has 6 heteroatoms. The van der Waals surface area contributed by atoms with Gasteiger partial charge in [-0.2, -0.15) is 0 Å². The number of aromatic nitrogens is 1. The Hall–Kier alpha value is -1.33. The lowest BCUT2D eigenvalue weighted by Gasteiger charge is -2.38. The van der Waals surface area contributed by atoms with Crippen molar-refractivity contribution in [3.63, 3.8) is 0 Å². The number of carboxylic acids is 1. The van der Waals surface area contributed by atoms with E-state index in [2.05, 4.69) is 14.8 Å². The summed E-state index contributed by atoms with van der Waals surface area (Å²) in [6.07, 6.45) is 2.46. The van der Waals surface area contributed by atoms with Crippen molar-refractivity contribution < 1.29 is 9.90 Å². The molecule has 2 saturated heterocycles. The molecule has 0 saturated carbocycles. The summed E-state index contributed by atoms with van der Waals surface area (Å²) in [5, 5.41) is 9.31. The molecule has 1 aromatic rings. The van der Waals surface area contributed by atoms with E-state index in [-0.39, 0.29) is 10.7 Å². The average Bonchev–Trinajstić information content (AvgIpc) is 2.85. The molecule has 3 heterocycles. The third kappa shape index (κ3) is 2.53. The molecule has 1 unspecified atom stereocenters. The Morgan fingerprint density at radius 3 is 3.00 bits per heavy atom. The number of carbonyl (C=O) groups is 1. The molecule has 1 atom stereocenters. The van der Waals surface area contributed by atoms with Crippen molar-refractivity contribution in [2.75, 3.05) is 31.1 Å². The van der Waals surface area contributed by atoms with Crippen LogP contribution < -0.4 is 4.90 Å². The summed E-state index contributed by atoms with van der Waals surface area (Å²) in [7, 11) is 0. The number of piperazine rings is 1. The zero-order valence-corrected chi connectivity index (χ0v) is 11.3. The van der Waals surface area contributed by atoms with Crippen LogP contribution in [0.15, 0.2) is 12.1 Å². The molecule has 102 valence electrons. The van der Waals surface area contributed by atoms with Crippen molar-refractivity contribution in [1.29, 1.82) is 0 Å². The minimum atomic E-state index is -0.968. The van der Waals surface area contributed by atoms with E-state index >= 15 is 0 Å². The molecule has 0 radical (unpaired) electrons. The van der Waals surface area contributed by atoms with E-state index in [4.69, 9.17) is 16.7 Å². The van der Waals surface area contributed by atoms with Crippen LogP contribution in [0.2, 0.25) is 5.15 Å². The van der Waals surface area contributed by atoms with Crippen molar-refractivity contribution in [2.45, 2.75) is 18.9 Å². The Morgan fingerprint density at radius 1 is 1.37 bits per heavy atom. The van der Waals surface area contributed by atoms with Gasteiger partial charge in [0.15, 0.2) is 0 Å². The second kappa shape index (κ2) is 4.98. The van der Waals surface area contributed by atoms with E-state index in [1.165, 1.54) is 25.5 Å². The molecule has 0 spiro atoms. The lowest BCUT2D eigenvalue weighted by Crippen LogP contribution is -2.50. The maximum atomic E-state index is 11.1. The SMILES string of the molecule is O=C(O)c1cc(Cl)nc(N2CCN3CCCC3C2)c1. The van der Waals surface area contributed by atoms with E-state index in [0.717, 1.165) is 19.6 Å². The third-order valence-electron chi connectivity index (χ3n) is 3.94. The largest absolute Gasteiger partial charge is 0.478 e. The van der Waals surface area contributed by atoms with Crippen molar-refractivity contribution in [3.8, 4) is 0 Å². The first-order valence-electron chi connectivity index (χ1n) is 6.53. The summed E-state index contributed by atoms with van der Waals surface area (Å²) in [4.78, 5) is 20.0. The van der Waals surface area contributed by atoms with Crippen LogP contribution in [0.3, 0.4) is 0 Å². The van der Waals surface area contributed by atoms with Gasteiger partial charge >= 0.3 is 5.97 Å². The molecule has 1 aromatic heterocycles. The molecular formula is C13H16ClN3O2. The lowest BCUT2D eigenvalue weighted by molar-refractivity contribution is 0.0697. The van der Waals surface area contributed by atoms with Crippen molar-refractivity contribution in [2.24, 2.45) is 0 Å². The number of carboxylic acid groups (broad SMARTS) is 1. The fraction of sp³-hybridized carbons (Fsp3) is 0.538. The molecule has 0 bridgehead atoms. The van der Waals surface area contributed by atoms with Gasteiger partial charge in [0.2, 0.25) is 0 Å². The summed E-state index contributed by atoms with van der Waals surface area (Å²) < 4.78 is 0. The van der Waals surface area contributed by atoms with Crippen molar-refractivity contribution in [1.82, 2.24) is 9.88 Å². The molecular weight excluding hydrogens is 266 g/mol. The van der Waals surface area contributed by atoms with Crippen LogP contribution in [-0.2, 0) is 0 Å². The van der Waals surface area contributed by atoms with Crippen LogP contribution in [-0.4, -0.2) is 53.2 Å². The first-order chi connectivity index (χ1) is 9.13. The highest BCUT2D eigenvalue weighted by Gasteiger charge is 2.31. The van der Waals surface area contributed by atoms with E-state index in [9.17, 15) is 4.79 Å². The van der Waals surface area contributed by atoms with E-state index in [1.54, 1.807) is 6.07 Å². The van der Waals surface area contributed by atoms with E-state index < -0.39 is 5.97 Å². The summed E-state index contributed by atoms with van der Waals surface area (Å²) in [5.74, 6) is -0.290. The molecule has 0 aromatic carbocycles. The maximum Gasteiger partial charge on any atom is 0.335 e. The molecule has 2 aliphatic rings. The number of halogens is 1. The van der Waals surface area contributed by atoms with Gasteiger partial charge in [0.05, 0.1) is 5.56 Å². The van der Waals surface area contributed by atoms with Gasteiger partial charge < -0.3 is 10.0 Å². The first kappa shape index (κ1) is 12.7. The van der Waals surface area contributed by atoms with Crippen LogP contribution in [0.5, 0.6) is 0 Å². The van der Waals surface area contributed by atoms with Gasteiger partial charge in [-0.05, 0) is 31.5 Å². The lowest BCUT2D eigenvalue weighted by atomic mass is 10.1. The van der Waals surface area contributed by atoms with Crippen molar-refractivity contribution >= 4 is 23.4 Å². The molecule has 1 N–H and O–H groups in total. The summed E-state index contributed by atoms with van der Waals surface area (Å²) in [5.41, 5.74) is 0.198. The number of hydrogen-bond donors (Lipinski definition) is 1. The summed E-state index contributed by atoms with van der Waals surface area (Å²) >= 11 is 5.91. The molecule has 5 nitrogen and oxygen atoms in total. The Labute approximate surface area is 116 Å². The molecule has 3 rings (SSSR count). The molecule has 2 aliphatic heterocycles. The third-order valence-corrected chi connectivity index (χ3v) is 4.13. The van der Waals surface area contributed by atoms with Gasteiger partial charge in [-0.3, -0.25) is 4.90 Å². The van der Waals surface area contributed by atoms with Gasteiger partial charge in [-0.15, -0.1) is 0 Å². The van der Waals surface area contributed by atoms with Gasteiger partial charge in [-0.25, -0.2) is 9.78 Å². The Morgan fingerprint density at radius 2 is 2.21 bits per heavy atom. The predicted molar refractivity (Wildman–Crippen MR) is 73.0 cm³/mol. The Bertz CT molecular complexity index is 509. The quantitative estimate of drug-likeness (QED) is 0.837. The van der Waals surface area contributed by atoms with Crippen LogP contribution in [0.4, 0.5) is 5.82 Å². The molecule has 19 heavy (non-hydrogen) atoms. The van der Waals surface area contributed by atoms with Crippen LogP contribution in [0.25, 0.3) is 0 Å². The fourth-order valence-corrected chi connectivity index (χ4v) is 3.17. The number of rotatable bonds is 2. The molecule has 0 amide bonds. The van der Waals surface area contributed by atoms with Crippen LogP contribution >= 0.6 is 11.6 Å². The zero-order chi connectivity index (χ0) is 13.4. The number of fused-ring (bicyclic) bond motifs is 1. The zero-order valence-electron chi connectivity index (χ0n) is 10.5. The second-order valence-corrected chi connectivity index (χ2v) is 5.51. The number of pyridine rings is 1. The average molecular weight is 282 g/mol. The van der Waals surface area contributed by atoms with Gasteiger partial charge in [-0.1, -0.05) is 11.6 Å². The van der Waals surface area contributed by atoms with E-state index in [0.29, 0.717) is 11.9 Å². The predicted octanol–water partition coefficient (Wildman–Crippen LogP) is 1.72. The van der Waals surface area contributed by atoms with Crippen LogP contribution in [0.1, 0.15) is 23.2 Å². The fourth-order valence-electron chi connectivity index (χ4n) is 2.97. The standard InChI is InChI=1S/C13H16ClN3O2/c14-11-6-9(13(18)19)7-12(15-11)17-5-4-16-3-1-2-10(16)8-17/h6-7,10H,1-5,8H2,(H,18,19). The summed E-state index contributed by atoms with van der Waals surface area (Å²) in [6, 6.07) is 3.57. The van der Waals surface area contributed by atoms with Crippen molar-refractivity contribution in [3.05, 3.63) is 22.8 Å². The van der Waals surface area contributed by atoms with Gasteiger partial charge in [0.25, 0.3) is 0 Å². The van der Waals surface area contributed by atoms with Crippen LogP contribution in [0, 0.1) is 0 Å². The highest BCUT2D eigenvalue weighted by atomic mass is 35.5. The first-order valence-corrected chi connectivity index (χ1v) is 6.91.